The highest BCUT2D eigenvalue weighted by molar-refractivity contribution is 6.21. The van der Waals surface area contributed by atoms with Gasteiger partial charge < -0.3 is 14.3 Å². The first kappa shape index (κ1) is 26.7. The molecule has 0 unspecified atom stereocenters. The normalized spacial score (nSPS) is 13.8. The van der Waals surface area contributed by atoms with E-state index < -0.39 is 23.6 Å². The van der Waals surface area contributed by atoms with E-state index in [0.29, 0.717) is 30.9 Å². The average Bonchev–Trinajstić information content (AvgIpc) is 3.24. The van der Waals surface area contributed by atoms with E-state index in [1.807, 2.05) is 0 Å². The van der Waals surface area contributed by atoms with E-state index >= 15 is 0 Å². The van der Waals surface area contributed by atoms with Gasteiger partial charge in [-0.1, -0.05) is 24.3 Å². The molecule has 0 aromatic heterocycles. The molecule has 4 rings (SSSR count). The number of rotatable bonds is 7. The van der Waals surface area contributed by atoms with E-state index in [0.717, 1.165) is 5.06 Å². The van der Waals surface area contributed by atoms with Crippen molar-refractivity contribution in [2.75, 3.05) is 40.6 Å². The first-order chi connectivity index (χ1) is 16.4. The summed E-state index contributed by atoms with van der Waals surface area (Å²) in [4.78, 5) is 54.8. The van der Waals surface area contributed by atoms with Crippen molar-refractivity contribution in [3.8, 4) is 0 Å². The third kappa shape index (κ3) is 6.29. The van der Waals surface area contributed by atoms with Crippen LogP contribution in [0.4, 0.5) is 0 Å². The van der Waals surface area contributed by atoms with Crippen LogP contribution in [0.5, 0.6) is 0 Å². The van der Waals surface area contributed by atoms with E-state index in [2.05, 4.69) is 15.5 Å². The smallest absolute Gasteiger partial charge is 0.285 e. The van der Waals surface area contributed by atoms with Crippen molar-refractivity contribution in [1.82, 2.24) is 10.1 Å². The summed E-state index contributed by atoms with van der Waals surface area (Å²) in [6.07, 6.45) is 0. The number of carbonyl (C=O) groups excluding carboxylic acids is 4. The molecule has 0 atom stereocenters. The Bertz CT molecular complexity index is 954. The summed E-state index contributed by atoms with van der Waals surface area (Å²) in [6.45, 7) is 1.53. The number of nitrogens with zero attached hydrogens (tertiary/aromatic N) is 2. The lowest BCUT2D eigenvalue weighted by Gasteiger charge is -2.12. The van der Waals surface area contributed by atoms with Crippen molar-refractivity contribution in [2.24, 2.45) is 5.90 Å². The minimum atomic E-state index is -0.657. The van der Waals surface area contributed by atoms with Crippen LogP contribution < -0.4 is 5.90 Å². The Kier molecular flexibility index (Phi) is 10.4. The molecule has 0 saturated carbocycles. The van der Waals surface area contributed by atoms with Gasteiger partial charge in [-0.2, -0.15) is 0 Å². The Labute approximate surface area is 195 Å². The minimum Gasteiger partial charge on any atom is -0.382 e. The van der Waals surface area contributed by atoms with E-state index in [-0.39, 0.29) is 22.8 Å². The first-order valence-electron chi connectivity index (χ1n) is 9.96. The highest BCUT2D eigenvalue weighted by atomic mass is 16.7. The fraction of sp³-hybridized carbons (Fsp3) is 0.273. The fourth-order valence-electron chi connectivity index (χ4n) is 2.80. The molecule has 0 fully saturated rings. The topological polar surface area (TPSA) is 158 Å². The maximum Gasteiger partial charge on any atom is 0.285 e. The predicted octanol–water partition coefficient (Wildman–Crippen LogP) is 1.06. The predicted molar refractivity (Wildman–Crippen MR) is 116 cm³/mol. The van der Waals surface area contributed by atoms with Crippen LogP contribution in [0.3, 0.4) is 0 Å². The number of hydrogen-bond donors (Lipinski definition) is 2. The zero-order valence-electron chi connectivity index (χ0n) is 18.6. The summed E-state index contributed by atoms with van der Waals surface area (Å²) in [6, 6.07) is 12.9. The second-order valence-electron chi connectivity index (χ2n) is 6.61. The van der Waals surface area contributed by atoms with Crippen LogP contribution in [0.15, 0.2) is 48.5 Å². The Hall–Kier alpha value is -3.52. The number of methoxy groups -OCH3 is 2. The lowest BCUT2D eigenvalue weighted by molar-refractivity contribution is -0.103. The highest BCUT2D eigenvalue weighted by Crippen LogP contribution is 2.22. The van der Waals surface area contributed by atoms with Crippen molar-refractivity contribution >= 4 is 23.6 Å². The van der Waals surface area contributed by atoms with E-state index in [9.17, 15) is 19.2 Å². The number of benzene rings is 2. The molecular weight excluding hydrogens is 450 g/mol. The molecule has 12 heteroatoms. The van der Waals surface area contributed by atoms with Crippen LogP contribution in [0.25, 0.3) is 0 Å². The van der Waals surface area contributed by atoms with E-state index in [4.69, 9.17) is 14.8 Å². The number of hydroxylamine groups is 4. The van der Waals surface area contributed by atoms with Gasteiger partial charge in [-0.3, -0.25) is 29.2 Å². The van der Waals surface area contributed by atoms with Gasteiger partial charge in [-0.15, -0.1) is 10.1 Å². The quantitative estimate of drug-likeness (QED) is 0.257. The van der Waals surface area contributed by atoms with Crippen LogP contribution in [0.2, 0.25) is 0 Å². The largest absolute Gasteiger partial charge is 0.382 e. The maximum atomic E-state index is 11.7. The van der Waals surface area contributed by atoms with Crippen molar-refractivity contribution < 1.29 is 43.5 Å². The van der Waals surface area contributed by atoms with Crippen LogP contribution >= 0.6 is 0 Å². The van der Waals surface area contributed by atoms with Crippen LogP contribution in [0, 0.1) is 0 Å². The fourth-order valence-corrected chi connectivity index (χ4v) is 2.80. The molecule has 2 aromatic rings. The summed E-state index contributed by atoms with van der Waals surface area (Å²) in [5, 5.41) is 9.83. The third-order valence-electron chi connectivity index (χ3n) is 4.44. The lowest BCUT2D eigenvalue weighted by Crippen LogP contribution is -2.31. The Morgan fingerprint density at radius 3 is 1.41 bits per heavy atom. The van der Waals surface area contributed by atoms with Gasteiger partial charge in [0.2, 0.25) is 0 Å². The second kappa shape index (κ2) is 13.3. The average molecular weight is 475 g/mol. The van der Waals surface area contributed by atoms with Gasteiger partial charge in [0.15, 0.2) is 0 Å². The van der Waals surface area contributed by atoms with Gasteiger partial charge >= 0.3 is 0 Å². The molecule has 0 spiro atoms. The zero-order valence-corrected chi connectivity index (χ0v) is 18.6. The SMILES string of the molecule is COCCON.COCCON1C(=O)c2ccccc2C1=O.O=C1c2ccccc2C(=O)N1O. The molecule has 12 nitrogen and oxygen atoms in total. The maximum absolute atomic E-state index is 11.7. The number of amides is 4. The zero-order chi connectivity index (χ0) is 25.1. The monoisotopic (exact) mass is 475 g/mol. The molecule has 2 aromatic carbocycles. The molecular formula is C22H25N3O9. The van der Waals surface area contributed by atoms with Gasteiger partial charge in [0, 0.05) is 14.2 Å². The van der Waals surface area contributed by atoms with Crippen LogP contribution in [-0.4, -0.2) is 79.6 Å². The van der Waals surface area contributed by atoms with Gasteiger partial charge in [0.25, 0.3) is 23.6 Å². The first-order valence-corrected chi connectivity index (χ1v) is 9.96. The van der Waals surface area contributed by atoms with Gasteiger partial charge in [0.05, 0.1) is 48.7 Å². The number of imide groups is 2. The Morgan fingerprint density at radius 2 is 1.06 bits per heavy atom. The van der Waals surface area contributed by atoms with Crippen molar-refractivity contribution in [3.63, 3.8) is 0 Å². The van der Waals surface area contributed by atoms with Gasteiger partial charge in [-0.05, 0) is 24.3 Å². The number of fused-ring (bicyclic) bond motifs is 2. The van der Waals surface area contributed by atoms with Crippen LogP contribution in [0.1, 0.15) is 41.4 Å². The van der Waals surface area contributed by atoms with Crippen molar-refractivity contribution in [2.45, 2.75) is 0 Å². The summed E-state index contributed by atoms with van der Waals surface area (Å²) in [5.74, 6) is 2.48. The number of carbonyl (C=O) groups is 4. The molecule has 2 aliphatic heterocycles. The molecule has 0 radical (unpaired) electrons. The van der Waals surface area contributed by atoms with E-state index in [1.165, 1.54) is 19.2 Å². The summed E-state index contributed by atoms with van der Waals surface area (Å²) in [5.41, 5.74) is 1.27. The summed E-state index contributed by atoms with van der Waals surface area (Å²) in [7, 11) is 3.12. The Morgan fingerprint density at radius 1 is 0.676 bits per heavy atom. The lowest BCUT2D eigenvalue weighted by atomic mass is 10.1. The summed E-state index contributed by atoms with van der Waals surface area (Å²) < 4.78 is 9.35. The second-order valence-corrected chi connectivity index (χ2v) is 6.61. The van der Waals surface area contributed by atoms with Crippen molar-refractivity contribution in [3.05, 3.63) is 70.8 Å². The Balaban J connectivity index is 0.000000200. The number of ether oxygens (including phenoxy) is 2. The minimum absolute atomic E-state index is 0.130. The molecule has 3 N–H and O–H groups in total. The van der Waals surface area contributed by atoms with Gasteiger partial charge in [0.1, 0.15) is 0 Å². The van der Waals surface area contributed by atoms with Crippen LogP contribution in [-0.2, 0) is 19.1 Å². The molecule has 2 heterocycles. The highest BCUT2D eigenvalue weighted by Gasteiger charge is 2.36. The van der Waals surface area contributed by atoms with Crippen molar-refractivity contribution in [1.29, 1.82) is 0 Å². The molecule has 0 bridgehead atoms. The van der Waals surface area contributed by atoms with E-state index in [1.54, 1.807) is 43.5 Å². The summed E-state index contributed by atoms with van der Waals surface area (Å²) >= 11 is 0. The number of hydrogen-bond acceptors (Lipinski definition) is 10. The standard InChI is InChI=1S/C11H11NO4.C8H5NO3.C3H9NO2/c1-15-6-7-16-12-10(13)8-4-2-3-5-9(8)11(12)14;10-7-5-3-1-2-4-6(5)8(11)9(7)12;1-5-2-3-6-4/h2-5H,6-7H2,1H3;1-4,12H;2-4H2,1H3. The third-order valence-corrected chi connectivity index (χ3v) is 4.44. The molecule has 2 aliphatic rings. The number of nitrogens with two attached hydrogens (primary N) is 1. The molecule has 4 amide bonds. The molecule has 0 saturated heterocycles. The molecule has 34 heavy (non-hydrogen) atoms. The molecule has 182 valence electrons. The van der Waals surface area contributed by atoms with Gasteiger partial charge in [-0.25, -0.2) is 5.90 Å². The molecule has 0 aliphatic carbocycles.